The number of nitrogens with zero attached hydrogens (tertiary/aromatic N) is 1. The third kappa shape index (κ3) is 4.66. The molecule has 1 amide bonds. The van der Waals surface area contributed by atoms with Gasteiger partial charge in [0.1, 0.15) is 0 Å². The average molecular weight is 287 g/mol. The van der Waals surface area contributed by atoms with Crippen LogP contribution in [0, 0.1) is 0 Å². The first kappa shape index (κ1) is 14.0. The van der Waals surface area contributed by atoms with E-state index in [1.807, 2.05) is 60.9 Å². The van der Waals surface area contributed by atoms with Crippen LogP contribution in [-0.2, 0) is 11.3 Å². The van der Waals surface area contributed by atoms with Crippen molar-refractivity contribution >= 4 is 28.9 Å². The molecule has 1 heterocycles. The predicted molar refractivity (Wildman–Crippen MR) is 80.6 cm³/mol. The van der Waals surface area contributed by atoms with E-state index in [9.17, 15) is 4.79 Å². The van der Waals surface area contributed by atoms with Crippen molar-refractivity contribution in [3.63, 3.8) is 0 Å². The summed E-state index contributed by atoms with van der Waals surface area (Å²) >= 11 is 5.08. The Morgan fingerprint density at radius 3 is 2.35 bits per heavy atom. The Hall–Kier alpha value is -2.47. The minimum Gasteiger partial charge on any atom is -0.331 e. The number of thiocarbonyl (C=S) groups is 1. The zero-order chi connectivity index (χ0) is 14.2. The van der Waals surface area contributed by atoms with E-state index in [1.54, 1.807) is 4.57 Å². The van der Waals surface area contributed by atoms with Crippen molar-refractivity contribution in [3.05, 3.63) is 60.9 Å². The van der Waals surface area contributed by atoms with E-state index < -0.39 is 0 Å². The van der Waals surface area contributed by atoms with Gasteiger partial charge in [-0.15, -0.1) is 0 Å². The molecule has 0 fully saturated rings. The molecule has 0 saturated heterocycles. The third-order valence-electron chi connectivity index (χ3n) is 2.45. The number of nitrogens with one attached hydrogen (secondary N) is 3. The van der Waals surface area contributed by atoms with Crippen molar-refractivity contribution in [1.29, 1.82) is 0 Å². The Labute approximate surface area is 122 Å². The lowest BCUT2D eigenvalue weighted by Gasteiger charge is -2.10. The molecule has 1 aromatic carbocycles. The fourth-order valence-electron chi connectivity index (χ4n) is 1.56. The minimum absolute atomic E-state index is 0.182. The van der Waals surface area contributed by atoms with Crippen molar-refractivity contribution < 1.29 is 9.36 Å². The molecule has 102 valence electrons. The van der Waals surface area contributed by atoms with Crippen LogP contribution in [0.5, 0.6) is 0 Å². The van der Waals surface area contributed by atoms with Gasteiger partial charge in [-0.1, -0.05) is 24.3 Å². The predicted octanol–water partition coefficient (Wildman–Crippen LogP) is 0.992. The van der Waals surface area contributed by atoms with Gasteiger partial charge in [-0.05, 0) is 24.4 Å². The average Bonchev–Trinajstić information content (AvgIpc) is 2.47. The summed E-state index contributed by atoms with van der Waals surface area (Å²) in [6, 6.07) is 15.1. The number of amides is 1. The summed E-state index contributed by atoms with van der Waals surface area (Å²) in [4.78, 5) is 11.7. The molecule has 0 aliphatic heterocycles. The highest BCUT2D eigenvalue weighted by atomic mass is 32.1. The fourth-order valence-corrected chi connectivity index (χ4v) is 1.72. The Morgan fingerprint density at radius 2 is 1.65 bits per heavy atom. The molecule has 0 radical (unpaired) electrons. The number of pyridine rings is 1. The van der Waals surface area contributed by atoms with Crippen LogP contribution in [0.2, 0.25) is 0 Å². The van der Waals surface area contributed by atoms with Gasteiger partial charge in [-0.3, -0.25) is 15.6 Å². The van der Waals surface area contributed by atoms with E-state index in [0.29, 0.717) is 5.11 Å². The highest BCUT2D eigenvalue weighted by molar-refractivity contribution is 7.80. The summed E-state index contributed by atoms with van der Waals surface area (Å²) in [6.45, 7) is 0.224. The van der Waals surface area contributed by atoms with Crippen LogP contribution >= 0.6 is 12.2 Å². The van der Waals surface area contributed by atoms with E-state index in [2.05, 4.69) is 16.2 Å². The molecule has 5 nitrogen and oxygen atoms in total. The van der Waals surface area contributed by atoms with Gasteiger partial charge in [-0.25, -0.2) is 0 Å². The molecule has 20 heavy (non-hydrogen) atoms. The number of hydrogen-bond donors (Lipinski definition) is 3. The largest absolute Gasteiger partial charge is 0.331 e. The number of carbonyl (C=O) groups is 1. The summed E-state index contributed by atoms with van der Waals surface area (Å²) in [7, 11) is 0. The summed E-state index contributed by atoms with van der Waals surface area (Å²) in [5, 5.41) is 3.30. The van der Waals surface area contributed by atoms with E-state index in [1.165, 1.54) is 0 Å². The number of hydrazine groups is 1. The molecule has 0 spiro atoms. The summed E-state index contributed by atoms with van der Waals surface area (Å²) in [5.74, 6) is -0.182. The van der Waals surface area contributed by atoms with Crippen LogP contribution in [0.3, 0.4) is 0 Å². The lowest BCUT2D eigenvalue weighted by molar-refractivity contribution is -0.684. The monoisotopic (exact) mass is 287 g/mol. The van der Waals surface area contributed by atoms with Crippen molar-refractivity contribution in [2.75, 3.05) is 5.32 Å². The van der Waals surface area contributed by atoms with Gasteiger partial charge in [0.05, 0.1) is 0 Å². The number of benzene rings is 1. The molecular weight excluding hydrogens is 272 g/mol. The lowest BCUT2D eigenvalue weighted by Crippen LogP contribution is -2.49. The summed E-state index contributed by atoms with van der Waals surface area (Å²) in [6.07, 6.45) is 3.64. The highest BCUT2D eigenvalue weighted by Crippen LogP contribution is 2.03. The molecule has 6 heteroatoms. The summed E-state index contributed by atoms with van der Waals surface area (Å²) in [5.41, 5.74) is 6.05. The first-order valence-electron chi connectivity index (χ1n) is 6.09. The zero-order valence-electron chi connectivity index (χ0n) is 10.7. The van der Waals surface area contributed by atoms with Gasteiger partial charge in [-0.2, -0.15) is 4.57 Å². The number of rotatable bonds is 3. The van der Waals surface area contributed by atoms with E-state index >= 15 is 0 Å². The van der Waals surface area contributed by atoms with Crippen molar-refractivity contribution in [3.8, 4) is 0 Å². The van der Waals surface area contributed by atoms with Gasteiger partial charge in [0.15, 0.2) is 17.5 Å². The molecule has 0 bridgehead atoms. The van der Waals surface area contributed by atoms with E-state index in [4.69, 9.17) is 12.2 Å². The molecule has 2 rings (SSSR count). The van der Waals surface area contributed by atoms with Crippen molar-refractivity contribution in [2.24, 2.45) is 0 Å². The molecule has 0 aliphatic carbocycles. The first-order valence-corrected chi connectivity index (χ1v) is 6.50. The number of hydrogen-bond acceptors (Lipinski definition) is 2. The van der Waals surface area contributed by atoms with Crippen LogP contribution in [0.1, 0.15) is 0 Å². The molecule has 0 unspecified atom stereocenters. The number of carbonyl (C=O) groups excluding carboxylic acids is 1. The first-order chi connectivity index (χ1) is 9.74. The lowest BCUT2D eigenvalue weighted by atomic mass is 10.3. The summed E-state index contributed by atoms with van der Waals surface area (Å²) < 4.78 is 1.77. The molecule has 0 aliphatic rings. The van der Waals surface area contributed by atoms with Gasteiger partial charge in [0.25, 0.3) is 0 Å². The maximum atomic E-state index is 11.7. The van der Waals surface area contributed by atoms with Crippen LogP contribution in [0.4, 0.5) is 5.69 Å². The fraction of sp³-hybridized carbons (Fsp3) is 0.0714. The maximum absolute atomic E-state index is 11.7. The molecule has 0 atom stereocenters. The third-order valence-corrected chi connectivity index (χ3v) is 2.65. The highest BCUT2D eigenvalue weighted by Gasteiger charge is 2.08. The van der Waals surface area contributed by atoms with E-state index in [-0.39, 0.29) is 12.5 Å². The van der Waals surface area contributed by atoms with Gasteiger partial charge in [0.2, 0.25) is 6.54 Å². The molecular formula is C14H15N4OS+. The Morgan fingerprint density at radius 1 is 1.00 bits per heavy atom. The molecule has 1 aromatic heterocycles. The second-order valence-electron chi connectivity index (χ2n) is 4.04. The van der Waals surface area contributed by atoms with Crippen LogP contribution in [-0.4, -0.2) is 11.0 Å². The molecule has 0 saturated carbocycles. The Bertz CT molecular complexity index is 521. The quantitative estimate of drug-likeness (QED) is 0.448. The smallest absolute Gasteiger partial charge is 0.304 e. The number of para-hydroxylation sites is 1. The van der Waals surface area contributed by atoms with Gasteiger partial charge in [0, 0.05) is 17.8 Å². The van der Waals surface area contributed by atoms with Gasteiger partial charge >= 0.3 is 5.91 Å². The van der Waals surface area contributed by atoms with Crippen molar-refractivity contribution in [1.82, 2.24) is 10.9 Å². The van der Waals surface area contributed by atoms with Crippen LogP contribution < -0.4 is 20.7 Å². The number of aromatic nitrogens is 1. The second-order valence-corrected chi connectivity index (χ2v) is 4.45. The number of anilines is 1. The Balaban J connectivity index is 1.75. The normalized spacial score (nSPS) is 9.60. The van der Waals surface area contributed by atoms with Crippen molar-refractivity contribution in [2.45, 2.75) is 6.54 Å². The zero-order valence-corrected chi connectivity index (χ0v) is 11.6. The van der Waals surface area contributed by atoms with E-state index in [0.717, 1.165) is 5.69 Å². The minimum atomic E-state index is -0.182. The maximum Gasteiger partial charge on any atom is 0.304 e. The molecule has 2 aromatic rings. The van der Waals surface area contributed by atoms with Gasteiger partial charge < -0.3 is 5.32 Å². The molecule has 3 N–H and O–H groups in total. The SMILES string of the molecule is O=C(C[n+]1ccccc1)NNC(=S)Nc1ccccc1. The second kappa shape index (κ2) is 7.20. The van der Waals surface area contributed by atoms with Crippen LogP contribution in [0.15, 0.2) is 60.9 Å². The Kier molecular flexibility index (Phi) is 5.02. The van der Waals surface area contributed by atoms with Crippen LogP contribution in [0.25, 0.3) is 0 Å². The standard InChI is InChI=1S/C14H14N4OS/c19-13(11-18-9-5-2-6-10-18)16-17-14(20)15-12-7-3-1-4-8-12/h1-10H,11H2,(H2-,15,16,17,19,20)/p+1. The topological polar surface area (TPSA) is 57.0 Å².